The van der Waals surface area contributed by atoms with E-state index in [1.54, 1.807) is 97.2 Å². The number of fused-ring (bicyclic) bond motifs is 1. The minimum absolute atomic E-state index is 0.0266. The smallest absolute Gasteiger partial charge is 0.255 e. The second-order valence-electron chi connectivity index (χ2n) is 8.56. The molecular formula is C29H22ClN3O4S. The predicted octanol–water partition coefficient (Wildman–Crippen LogP) is 5.30. The maximum Gasteiger partial charge on any atom is 0.255 e. The fourth-order valence-electron chi connectivity index (χ4n) is 4.06. The number of nitrogens with one attached hydrogen (secondary N) is 2. The molecule has 2 N–H and O–H groups in total. The molecule has 0 bridgehead atoms. The molecule has 0 aliphatic rings. The van der Waals surface area contributed by atoms with Gasteiger partial charge in [0, 0.05) is 28.7 Å². The molecule has 38 heavy (non-hydrogen) atoms. The van der Waals surface area contributed by atoms with Crippen molar-refractivity contribution in [1.82, 2.24) is 9.29 Å². The number of halogens is 1. The highest BCUT2D eigenvalue weighted by Gasteiger charge is 2.27. The van der Waals surface area contributed by atoms with Crippen LogP contribution in [0.25, 0.3) is 16.5 Å². The van der Waals surface area contributed by atoms with Gasteiger partial charge >= 0.3 is 0 Å². The first-order valence-corrected chi connectivity index (χ1v) is 13.5. The molecule has 7 nitrogen and oxygen atoms in total. The van der Waals surface area contributed by atoms with E-state index >= 15 is 0 Å². The molecule has 5 aromatic rings. The summed E-state index contributed by atoms with van der Waals surface area (Å²) in [6.45, 7) is 0. The van der Waals surface area contributed by atoms with Crippen LogP contribution in [-0.4, -0.2) is 18.9 Å². The lowest BCUT2D eigenvalue weighted by Gasteiger charge is -2.19. The molecule has 0 saturated carbocycles. The predicted molar refractivity (Wildman–Crippen MR) is 149 cm³/mol. The summed E-state index contributed by atoms with van der Waals surface area (Å²) in [6, 6.07) is 28.8. The van der Waals surface area contributed by atoms with Crippen molar-refractivity contribution in [3.05, 3.63) is 136 Å². The number of aromatic nitrogens is 1. The van der Waals surface area contributed by atoms with Crippen molar-refractivity contribution >= 4 is 44.0 Å². The van der Waals surface area contributed by atoms with E-state index in [1.165, 1.54) is 22.8 Å². The third kappa shape index (κ3) is 5.52. The number of sulfonamides is 1. The monoisotopic (exact) mass is 543 g/mol. The molecule has 0 aliphatic carbocycles. The van der Waals surface area contributed by atoms with Gasteiger partial charge in [0.2, 0.25) is 15.9 Å². The average Bonchev–Trinajstić information content (AvgIpc) is 2.92. The summed E-state index contributed by atoms with van der Waals surface area (Å²) in [7, 11) is -4.08. The Morgan fingerprint density at radius 3 is 2.21 bits per heavy atom. The van der Waals surface area contributed by atoms with Gasteiger partial charge in [-0.3, -0.25) is 14.2 Å². The first kappa shape index (κ1) is 25.4. The van der Waals surface area contributed by atoms with Crippen LogP contribution in [-0.2, 0) is 14.8 Å². The van der Waals surface area contributed by atoms with Crippen LogP contribution in [0.15, 0.2) is 125 Å². The number of anilines is 1. The Kier molecular flexibility index (Phi) is 7.11. The summed E-state index contributed by atoms with van der Waals surface area (Å²) in [4.78, 5) is 25.5. The second-order valence-corrected chi connectivity index (χ2v) is 10.7. The number of amides is 1. The van der Waals surface area contributed by atoms with Crippen LogP contribution in [0.5, 0.6) is 0 Å². The maximum atomic E-state index is 13.4. The lowest BCUT2D eigenvalue weighted by Crippen LogP contribution is -2.37. The van der Waals surface area contributed by atoms with Gasteiger partial charge in [-0.15, -0.1) is 0 Å². The summed E-state index contributed by atoms with van der Waals surface area (Å²) >= 11 is 6.04. The largest absolute Gasteiger partial charge is 0.324 e. The van der Waals surface area contributed by atoms with E-state index in [-0.39, 0.29) is 10.5 Å². The molecule has 1 heterocycles. The Morgan fingerprint density at radius 1 is 0.789 bits per heavy atom. The lowest BCUT2D eigenvalue weighted by molar-refractivity contribution is -0.117. The van der Waals surface area contributed by atoms with Crippen LogP contribution in [0, 0.1) is 0 Å². The second kappa shape index (κ2) is 10.6. The van der Waals surface area contributed by atoms with E-state index in [2.05, 4.69) is 10.0 Å². The van der Waals surface area contributed by atoms with Crippen molar-refractivity contribution in [2.24, 2.45) is 0 Å². The Morgan fingerprint density at radius 2 is 1.47 bits per heavy atom. The zero-order chi connectivity index (χ0) is 26.7. The van der Waals surface area contributed by atoms with Gasteiger partial charge in [-0.05, 0) is 70.9 Å². The summed E-state index contributed by atoms with van der Waals surface area (Å²) in [5, 5.41) is 4.83. The fraction of sp³-hybridized carbons (Fsp3) is 0.0345. The third-order valence-corrected chi connectivity index (χ3v) is 7.64. The quantitative estimate of drug-likeness (QED) is 0.291. The number of nitrogens with zero attached hydrogens (tertiary/aromatic N) is 1. The van der Waals surface area contributed by atoms with E-state index < -0.39 is 22.0 Å². The summed E-state index contributed by atoms with van der Waals surface area (Å²) in [5.74, 6) is -0.558. The van der Waals surface area contributed by atoms with E-state index in [1.807, 2.05) is 0 Å². The van der Waals surface area contributed by atoms with Crippen molar-refractivity contribution < 1.29 is 13.2 Å². The molecular weight excluding hydrogens is 522 g/mol. The Hall–Kier alpha value is -4.24. The minimum atomic E-state index is -4.08. The molecule has 1 amide bonds. The van der Waals surface area contributed by atoms with Gasteiger partial charge in [0.05, 0.1) is 4.90 Å². The molecule has 0 aliphatic heterocycles. The minimum Gasteiger partial charge on any atom is -0.324 e. The van der Waals surface area contributed by atoms with Crippen LogP contribution >= 0.6 is 11.6 Å². The number of benzene rings is 4. The van der Waals surface area contributed by atoms with Crippen molar-refractivity contribution in [3.63, 3.8) is 0 Å². The van der Waals surface area contributed by atoms with E-state index in [9.17, 15) is 18.0 Å². The van der Waals surface area contributed by atoms with E-state index in [0.717, 1.165) is 5.39 Å². The number of pyridine rings is 1. The topological polar surface area (TPSA) is 97.3 Å². The first-order valence-electron chi connectivity index (χ1n) is 11.7. The highest BCUT2D eigenvalue weighted by molar-refractivity contribution is 7.89. The molecule has 4 aromatic carbocycles. The van der Waals surface area contributed by atoms with Crippen LogP contribution in [0.4, 0.5) is 5.69 Å². The van der Waals surface area contributed by atoms with Gasteiger partial charge in [-0.25, -0.2) is 8.42 Å². The SMILES string of the molecule is O=C(Nc1ccc(-n2ccccc2=O)cc1)[C@@H](NS(=O)(=O)c1ccc2cc(Cl)ccc2c1)c1ccccc1. The molecule has 1 atom stereocenters. The molecule has 1 aromatic heterocycles. The number of carbonyl (C=O) groups is 1. The van der Waals surface area contributed by atoms with Crippen molar-refractivity contribution in [2.75, 3.05) is 5.32 Å². The van der Waals surface area contributed by atoms with Gasteiger partial charge in [-0.1, -0.05) is 60.1 Å². The molecule has 0 unspecified atom stereocenters. The summed E-state index contributed by atoms with van der Waals surface area (Å²) < 4.78 is 30.8. The van der Waals surface area contributed by atoms with Crippen LogP contribution < -0.4 is 15.6 Å². The highest BCUT2D eigenvalue weighted by Crippen LogP contribution is 2.25. The number of carbonyl (C=O) groups excluding carboxylic acids is 1. The van der Waals surface area contributed by atoms with E-state index in [4.69, 9.17) is 11.6 Å². The zero-order valence-electron chi connectivity index (χ0n) is 19.9. The number of rotatable bonds is 7. The van der Waals surface area contributed by atoms with Gasteiger partial charge in [0.25, 0.3) is 5.56 Å². The van der Waals surface area contributed by atoms with Crippen molar-refractivity contribution in [1.29, 1.82) is 0 Å². The lowest BCUT2D eigenvalue weighted by atomic mass is 10.1. The van der Waals surface area contributed by atoms with Crippen LogP contribution in [0.2, 0.25) is 5.02 Å². The number of hydrogen-bond acceptors (Lipinski definition) is 4. The molecule has 5 rings (SSSR count). The average molecular weight is 544 g/mol. The Labute approximate surface area is 224 Å². The standard InChI is InChI=1S/C29H22ClN3O4S/c30-23-11-9-22-19-26(16-10-21(22)18-23)38(36,37)32-28(20-6-2-1-3-7-20)29(35)31-24-12-14-25(15-13-24)33-17-5-4-8-27(33)34/h1-19,28,32H,(H,31,35)/t28-/m0/s1. The summed E-state index contributed by atoms with van der Waals surface area (Å²) in [6.07, 6.45) is 1.65. The van der Waals surface area contributed by atoms with E-state index in [0.29, 0.717) is 27.3 Å². The molecule has 0 spiro atoms. The maximum absolute atomic E-state index is 13.4. The van der Waals surface area contributed by atoms with Gasteiger partial charge in [0.1, 0.15) is 6.04 Å². The molecule has 190 valence electrons. The van der Waals surface area contributed by atoms with Crippen molar-refractivity contribution in [2.45, 2.75) is 10.9 Å². The molecule has 0 saturated heterocycles. The summed E-state index contributed by atoms with van der Waals surface area (Å²) in [5.41, 5.74) is 1.38. The number of hydrogen-bond donors (Lipinski definition) is 2. The van der Waals surface area contributed by atoms with Crippen LogP contribution in [0.3, 0.4) is 0 Å². The molecule has 0 fully saturated rings. The van der Waals surface area contributed by atoms with Gasteiger partial charge in [-0.2, -0.15) is 4.72 Å². The Balaban J connectivity index is 1.41. The fourth-order valence-corrected chi connectivity index (χ4v) is 5.46. The highest BCUT2D eigenvalue weighted by atomic mass is 35.5. The first-order chi connectivity index (χ1) is 18.3. The van der Waals surface area contributed by atoms with Gasteiger partial charge < -0.3 is 5.32 Å². The van der Waals surface area contributed by atoms with Crippen molar-refractivity contribution in [3.8, 4) is 5.69 Å². The van der Waals surface area contributed by atoms with Crippen LogP contribution in [0.1, 0.15) is 11.6 Å². The van der Waals surface area contributed by atoms with Gasteiger partial charge in [0.15, 0.2) is 0 Å². The zero-order valence-corrected chi connectivity index (χ0v) is 21.5. The Bertz CT molecular complexity index is 1790. The third-order valence-electron chi connectivity index (χ3n) is 5.99. The molecule has 9 heteroatoms. The molecule has 0 radical (unpaired) electrons. The normalized spacial score (nSPS) is 12.2.